The van der Waals surface area contributed by atoms with E-state index in [1.54, 1.807) is 7.11 Å². The molecule has 4 heteroatoms. The van der Waals surface area contributed by atoms with Gasteiger partial charge in [-0.2, -0.15) is 0 Å². The molecule has 4 aromatic carbocycles. The summed E-state index contributed by atoms with van der Waals surface area (Å²) in [4.78, 5) is 0. The molecule has 0 atom stereocenters. The van der Waals surface area contributed by atoms with Crippen molar-refractivity contribution in [3.05, 3.63) is 103 Å². The maximum Gasteiger partial charge on any atom is 0.311 e. The minimum absolute atomic E-state index is 0.696. The minimum Gasteiger partial charge on any atom is -0.532 e. The van der Waals surface area contributed by atoms with Gasteiger partial charge in [0.2, 0.25) is 0 Å². The van der Waals surface area contributed by atoms with Crippen molar-refractivity contribution in [2.24, 2.45) is 0 Å². The third kappa shape index (κ3) is 3.82. The molecule has 0 saturated heterocycles. The van der Waals surface area contributed by atoms with Gasteiger partial charge in [-0.25, -0.2) is 0 Å². The largest absolute Gasteiger partial charge is 0.532 e. The molecule has 0 bridgehead atoms. The molecule has 0 spiro atoms. The summed E-state index contributed by atoms with van der Waals surface area (Å²) in [5.74, 6) is 1.43. The lowest BCUT2D eigenvalue weighted by Crippen LogP contribution is -2.60. The van der Waals surface area contributed by atoms with Crippen molar-refractivity contribution in [3.8, 4) is 22.6 Å². The summed E-state index contributed by atoms with van der Waals surface area (Å²) >= 11 is 0. The molecule has 30 heavy (non-hydrogen) atoms. The number of para-hydroxylation sites is 1. The SMILES string of the molecule is COc1cc(-c2ccccc2N)ccc1O[Si](C)(c1ccccc1)c1ccccc1. The molecule has 4 aromatic rings. The molecule has 150 valence electrons. The zero-order chi connectivity index (χ0) is 21.0. The predicted molar refractivity (Wildman–Crippen MR) is 127 cm³/mol. The van der Waals surface area contributed by atoms with Gasteiger partial charge in [0.1, 0.15) is 5.75 Å². The zero-order valence-electron chi connectivity index (χ0n) is 17.2. The average Bonchev–Trinajstić information content (AvgIpc) is 2.81. The van der Waals surface area contributed by atoms with Crippen LogP contribution in [-0.4, -0.2) is 15.4 Å². The quantitative estimate of drug-likeness (QED) is 0.369. The summed E-state index contributed by atoms with van der Waals surface area (Å²) in [7, 11) is -0.831. The molecule has 3 nitrogen and oxygen atoms in total. The number of nitrogens with two attached hydrogens (primary N) is 1. The van der Waals surface area contributed by atoms with Crippen molar-refractivity contribution >= 4 is 24.4 Å². The molecular formula is C26H25NO2Si. The van der Waals surface area contributed by atoms with Crippen LogP contribution in [0.2, 0.25) is 6.55 Å². The van der Waals surface area contributed by atoms with Crippen molar-refractivity contribution < 1.29 is 9.16 Å². The second-order valence-corrected chi connectivity index (χ2v) is 10.7. The monoisotopic (exact) mass is 411 g/mol. The van der Waals surface area contributed by atoms with Crippen molar-refractivity contribution in [1.82, 2.24) is 0 Å². The Balaban J connectivity index is 1.78. The van der Waals surface area contributed by atoms with Crippen molar-refractivity contribution in [3.63, 3.8) is 0 Å². The Hall–Kier alpha value is -3.50. The highest BCUT2D eigenvalue weighted by Crippen LogP contribution is 2.35. The van der Waals surface area contributed by atoms with E-state index in [9.17, 15) is 0 Å². The van der Waals surface area contributed by atoms with Crippen LogP contribution in [0.3, 0.4) is 0 Å². The van der Waals surface area contributed by atoms with Crippen LogP contribution >= 0.6 is 0 Å². The van der Waals surface area contributed by atoms with Crippen LogP contribution < -0.4 is 25.3 Å². The lowest BCUT2D eigenvalue weighted by atomic mass is 10.0. The van der Waals surface area contributed by atoms with Gasteiger partial charge in [0.05, 0.1) is 7.11 Å². The normalized spacial score (nSPS) is 11.1. The van der Waals surface area contributed by atoms with E-state index in [1.807, 2.05) is 54.6 Å². The van der Waals surface area contributed by atoms with Gasteiger partial charge >= 0.3 is 8.32 Å². The highest BCUT2D eigenvalue weighted by atomic mass is 28.4. The topological polar surface area (TPSA) is 44.5 Å². The smallest absolute Gasteiger partial charge is 0.311 e. The highest BCUT2D eigenvalue weighted by molar-refractivity contribution is 6.97. The molecule has 0 unspecified atom stereocenters. The average molecular weight is 412 g/mol. The van der Waals surface area contributed by atoms with E-state index in [0.717, 1.165) is 22.6 Å². The molecule has 2 N–H and O–H groups in total. The van der Waals surface area contributed by atoms with Gasteiger partial charge in [0, 0.05) is 11.3 Å². The van der Waals surface area contributed by atoms with Crippen LogP contribution in [0, 0.1) is 0 Å². The summed E-state index contributed by atoms with van der Waals surface area (Å²) in [5, 5.41) is 2.41. The van der Waals surface area contributed by atoms with Gasteiger partial charge in [-0.3, -0.25) is 0 Å². The Morgan fingerprint density at radius 2 is 1.23 bits per heavy atom. The van der Waals surface area contributed by atoms with Gasteiger partial charge in [0.25, 0.3) is 0 Å². The maximum absolute atomic E-state index is 6.80. The van der Waals surface area contributed by atoms with Gasteiger partial charge < -0.3 is 14.9 Å². The third-order valence-corrected chi connectivity index (χ3v) is 8.90. The standard InChI is InChI=1S/C26H25NO2Si/c1-28-26-19-20(23-15-9-10-16-24(23)27)17-18-25(26)29-30(2,21-11-5-3-6-12-21)22-13-7-4-8-14-22/h3-19H,27H2,1-2H3. The molecule has 0 aliphatic heterocycles. The summed E-state index contributed by atoms with van der Waals surface area (Å²) in [6, 6.07) is 34.7. The van der Waals surface area contributed by atoms with Crippen LogP contribution in [0.5, 0.6) is 11.5 Å². The van der Waals surface area contributed by atoms with Crippen LogP contribution in [0.15, 0.2) is 103 Å². The van der Waals surface area contributed by atoms with Crippen molar-refractivity contribution in [2.45, 2.75) is 6.55 Å². The van der Waals surface area contributed by atoms with Crippen molar-refractivity contribution in [1.29, 1.82) is 0 Å². The summed E-state index contributed by atoms with van der Waals surface area (Å²) in [6.45, 7) is 2.22. The zero-order valence-corrected chi connectivity index (χ0v) is 18.2. The first-order valence-electron chi connectivity index (χ1n) is 9.95. The molecule has 0 radical (unpaired) electrons. The minimum atomic E-state index is -2.50. The maximum atomic E-state index is 6.80. The third-order valence-electron chi connectivity index (χ3n) is 5.40. The molecule has 0 saturated carbocycles. The number of methoxy groups -OCH3 is 1. The molecule has 0 heterocycles. The number of rotatable bonds is 6. The number of nitrogen functional groups attached to an aromatic ring is 1. The Bertz CT molecular complexity index is 1090. The summed E-state index contributed by atoms with van der Waals surface area (Å²) in [5.41, 5.74) is 8.89. The van der Waals surface area contributed by atoms with E-state index < -0.39 is 8.32 Å². The van der Waals surface area contributed by atoms with Gasteiger partial charge in [0.15, 0.2) is 5.75 Å². The van der Waals surface area contributed by atoms with Crippen LogP contribution in [-0.2, 0) is 0 Å². The van der Waals surface area contributed by atoms with Crippen LogP contribution in [0.4, 0.5) is 5.69 Å². The fourth-order valence-corrected chi connectivity index (χ4v) is 6.53. The number of benzene rings is 4. The first-order chi connectivity index (χ1) is 14.6. The first-order valence-corrected chi connectivity index (χ1v) is 12.4. The Morgan fingerprint density at radius 1 is 0.667 bits per heavy atom. The molecule has 0 fully saturated rings. The molecule has 4 rings (SSSR count). The summed E-state index contributed by atoms with van der Waals surface area (Å²) in [6.07, 6.45) is 0. The lowest BCUT2D eigenvalue weighted by Gasteiger charge is -2.30. The van der Waals surface area contributed by atoms with Crippen LogP contribution in [0.25, 0.3) is 11.1 Å². The second-order valence-electron chi connectivity index (χ2n) is 7.32. The predicted octanol–water partition coefficient (Wildman–Crippen LogP) is 4.71. The number of ether oxygens (including phenoxy) is 1. The molecular weight excluding hydrogens is 386 g/mol. The number of hydrogen-bond acceptors (Lipinski definition) is 3. The molecule has 0 aromatic heterocycles. The molecule has 0 aliphatic rings. The van der Waals surface area contributed by atoms with Crippen LogP contribution in [0.1, 0.15) is 0 Å². The van der Waals surface area contributed by atoms with E-state index in [1.165, 1.54) is 10.4 Å². The second kappa shape index (κ2) is 8.47. The number of anilines is 1. The van der Waals surface area contributed by atoms with E-state index >= 15 is 0 Å². The van der Waals surface area contributed by atoms with Gasteiger partial charge in [-0.1, -0.05) is 84.9 Å². The van der Waals surface area contributed by atoms with Gasteiger partial charge in [-0.05, 0) is 40.7 Å². The van der Waals surface area contributed by atoms with E-state index in [2.05, 4.69) is 55.1 Å². The number of hydrogen-bond donors (Lipinski definition) is 1. The van der Waals surface area contributed by atoms with E-state index in [-0.39, 0.29) is 0 Å². The highest BCUT2D eigenvalue weighted by Gasteiger charge is 2.36. The Labute approximate surface area is 178 Å². The fourth-order valence-electron chi connectivity index (χ4n) is 3.70. The first kappa shape index (κ1) is 19.8. The molecule has 0 amide bonds. The Morgan fingerprint density at radius 3 is 1.80 bits per heavy atom. The van der Waals surface area contributed by atoms with E-state index in [4.69, 9.17) is 14.9 Å². The fraction of sp³-hybridized carbons (Fsp3) is 0.0769. The van der Waals surface area contributed by atoms with Crippen molar-refractivity contribution in [2.75, 3.05) is 12.8 Å². The lowest BCUT2D eigenvalue weighted by molar-refractivity contribution is 0.393. The summed E-state index contributed by atoms with van der Waals surface area (Å²) < 4.78 is 12.5. The van der Waals surface area contributed by atoms with E-state index in [0.29, 0.717) is 5.75 Å². The Kier molecular flexibility index (Phi) is 5.59. The molecule has 0 aliphatic carbocycles. The van der Waals surface area contributed by atoms with Gasteiger partial charge in [-0.15, -0.1) is 0 Å².